The van der Waals surface area contributed by atoms with Crippen LogP contribution in [0.25, 0.3) is 11.3 Å². The first kappa shape index (κ1) is 22.7. The maximum Gasteiger partial charge on any atom is 0.267 e. The highest BCUT2D eigenvalue weighted by atomic mass is 32.2. The minimum Gasteiger partial charge on any atom is -0.477 e. The molecule has 0 amide bonds. The van der Waals surface area contributed by atoms with Crippen molar-refractivity contribution in [3.8, 4) is 17.1 Å². The molecule has 0 unspecified atom stereocenters. The van der Waals surface area contributed by atoms with E-state index in [-0.39, 0.29) is 22.1 Å². The van der Waals surface area contributed by atoms with Crippen molar-refractivity contribution in [3.05, 3.63) is 47.8 Å². The number of nitrogens with zero attached hydrogens (tertiary/aromatic N) is 4. The van der Waals surface area contributed by atoms with E-state index < -0.39 is 10.0 Å². The molecule has 3 N–H and O–H groups in total. The third kappa shape index (κ3) is 5.39. The van der Waals surface area contributed by atoms with Crippen molar-refractivity contribution in [2.75, 3.05) is 17.9 Å². The van der Waals surface area contributed by atoms with Crippen molar-refractivity contribution >= 4 is 16.0 Å². The van der Waals surface area contributed by atoms with Crippen LogP contribution >= 0.6 is 0 Å². The van der Waals surface area contributed by atoms with Crippen LogP contribution in [0.5, 0.6) is 5.88 Å². The summed E-state index contributed by atoms with van der Waals surface area (Å²) in [7, 11) is -2.27. The fourth-order valence-electron chi connectivity index (χ4n) is 2.94. The Bertz CT molecular complexity index is 1170. The largest absolute Gasteiger partial charge is 0.477 e. The molecule has 0 bridgehead atoms. The molecule has 3 rings (SSSR count). The van der Waals surface area contributed by atoms with Crippen LogP contribution in [0, 0.1) is 19.3 Å². The molecule has 0 radical (unpaired) electrons. The Hall–Kier alpha value is -2.98. The molecule has 166 valence electrons. The van der Waals surface area contributed by atoms with Crippen molar-refractivity contribution in [1.29, 1.82) is 0 Å². The number of hydrogen-bond acceptors (Lipinski definition) is 7. The van der Waals surface area contributed by atoms with Crippen LogP contribution in [0.15, 0.2) is 41.6 Å². The normalized spacial score (nSPS) is 12.1. The van der Waals surface area contributed by atoms with Gasteiger partial charge in [0.25, 0.3) is 10.0 Å². The van der Waals surface area contributed by atoms with Crippen LogP contribution in [0.4, 0.5) is 5.95 Å². The van der Waals surface area contributed by atoms with E-state index in [9.17, 15) is 8.42 Å². The second-order valence-corrected chi connectivity index (χ2v) is 9.98. The number of rotatable bonds is 8. The Labute approximate surface area is 182 Å². The monoisotopic (exact) mass is 444 g/mol. The third-order valence-corrected chi connectivity index (χ3v) is 6.10. The second-order valence-electron chi connectivity index (χ2n) is 8.29. The highest BCUT2D eigenvalue weighted by molar-refractivity contribution is 7.92. The minimum absolute atomic E-state index is 0.0165. The lowest BCUT2D eigenvalue weighted by Crippen LogP contribution is -2.30. The van der Waals surface area contributed by atoms with Crippen LogP contribution in [0.2, 0.25) is 0 Å². The molecule has 0 aliphatic heterocycles. The Morgan fingerprint density at radius 3 is 2.45 bits per heavy atom. The van der Waals surface area contributed by atoms with Gasteiger partial charge in [0.2, 0.25) is 11.8 Å². The van der Waals surface area contributed by atoms with Crippen molar-refractivity contribution in [2.24, 2.45) is 18.2 Å². The number of aryl methyl sites for hydroxylation is 3. The summed E-state index contributed by atoms with van der Waals surface area (Å²) in [6, 6.07) is 7.62. The van der Waals surface area contributed by atoms with E-state index in [2.05, 4.69) is 19.8 Å². The number of nitrogens with one attached hydrogen (secondary N) is 1. The fraction of sp³-hybridized carbons (Fsp3) is 0.381. The standard InChI is InChI=1S/C21H28N6O3S/c1-14-7-6-8-15(2)19(14)17-9-18(30-13-21(3,4)12-22)25-20(24-17)26-31(28,29)16-10-23-27(5)11-16/h6-11H,12-13,22H2,1-5H3,(H,24,25,26). The van der Waals surface area contributed by atoms with E-state index in [1.807, 2.05) is 45.9 Å². The number of sulfonamides is 1. The van der Waals surface area contributed by atoms with Gasteiger partial charge in [0, 0.05) is 36.8 Å². The van der Waals surface area contributed by atoms with Gasteiger partial charge < -0.3 is 10.5 Å². The molecule has 31 heavy (non-hydrogen) atoms. The zero-order valence-electron chi connectivity index (χ0n) is 18.4. The van der Waals surface area contributed by atoms with E-state index in [0.717, 1.165) is 16.7 Å². The summed E-state index contributed by atoms with van der Waals surface area (Å²) >= 11 is 0. The predicted octanol–water partition coefficient (Wildman–Crippen LogP) is 2.66. The lowest BCUT2D eigenvalue weighted by Gasteiger charge is -2.22. The Morgan fingerprint density at radius 1 is 1.19 bits per heavy atom. The molecule has 0 spiro atoms. The summed E-state index contributed by atoms with van der Waals surface area (Å²) in [5.41, 5.74) is 9.01. The summed E-state index contributed by atoms with van der Waals surface area (Å²) in [5.74, 6) is 0.183. The summed E-state index contributed by atoms with van der Waals surface area (Å²) in [5, 5.41) is 3.92. The smallest absolute Gasteiger partial charge is 0.267 e. The van der Waals surface area contributed by atoms with Gasteiger partial charge in [-0.15, -0.1) is 0 Å². The molecule has 9 nitrogen and oxygen atoms in total. The molecule has 0 saturated heterocycles. The zero-order chi connectivity index (χ0) is 22.8. The lowest BCUT2D eigenvalue weighted by molar-refractivity contribution is 0.181. The van der Waals surface area contributed by atoms with Crippen molar-refractivity contribution in [2.45, 2.75) is 32.6 Å². The van der Waals surface area contributed by atoms with Crippen LogP contribution in [0.3, 0.4) is 0 Å². The maximum atomic E-state index is 12.8. The van der Waals surface area contributed by atoms with Crippen LogP contribution in [-0.2, 0) is 17.1 Å². The topological polar surface area (TPSA) is 125 Å². The average Bonchev–Trinajstić information content (AvgIpc) is 3.13. The van der Waals surface area contributed by atoms with Gasteiger partial charge in [-0.25, -0.2) is 18.1 Å². The van der Waals surface area contributed by atoms with Crippen LogP contribution in [0.1, 0.15) is 25.0 Å². The summed E-state index contributed by atoms with van der Waals surface area (Å²) in [6.07, 6.45) is 2.66. The summed E-state index contributed by atoms with van der Waals surface area (Å²) < 4.78 is 35.3. The van der Waals surface area contributed by atoms with Crippen LogP contribution in [-0.4, -0.2) is 41.3 Å². The van der Waals surface area contributed by atoms with Crippen molar-refractivity contribution in [3.63, 3.8) is 0 Å². The molecular formula is C21H28N6O3S. The van der Waals surface area contributed by atoms with Crippen LogP contribution < -0.4 is 15.2 Å². The SMILES string of the molecule is Cc1cccc(C)c1-c1cc(OCC(C)(C)CN)nc(NS(=O)(=O)c2cnn(C)c2)n1. The van der Waals surface area contributed by atoms with Gasteiger partial charge in [-0.05, 0) is 25.0 Å². The number of benzene rings is 1. The van der Waals surface area contributed by atoms with E-state index in [4.69, 9.17) is 10.5 Å². The van der Waals surface area contributed by atoms with Gasteiger partial charge in [-0.3, -0.25) is 4.68 Å². The molecule has 0 aliphatic rings. The van der Waals surface area contributed by atoms with Crippen molar-refractivity contribution < 1.29 is 13.2 Å². The molecule has 0 aliphatic carbocycles. The first-order valence-corrected chi connectivity index (χ1v) is 11.3. The molecule has 1 aromatic carbocycles. The molecule has 2 heterocycles. The lowest BCUT2D eigenvalue weighted by atomic mass is 9.95. The molecule has 0 saturated carbocycles. The van der Waals surface area contributed by atoms with E-state index in [1.54, 1.807) is 13.1 Å². The molecular weight excluding hydrogens is 416 g/mol. The van der Waals surface area contributed by atoms with E-state index in [1.165, 1.54) is 17.1 Å². The minimum atomic E-state index is -3.91. The Balaban J connectivity index is 2.04. The van der Waals surface area contributed by atoms with E-state index >= 15 is 0 Å². The third-order valence-electron chi connectivity index (χ3n) is 4.82. The average molecular weight is 445 g/mol. The van der Waals surface area contributed by atoms with Gasteiger partial charge in [0.05, 0.1) is 18.5 Å². The fourth-order valence-corrected chi connectivity index (χ4v) is 3.86. The number of nitrogens with two attached hydrogens (primary N) is 1. The molecule has 0 fully saturated rings. The predicted molar refractivity (Wildman–Crippen MR) is 119 cm³/mol. The number of anilines is 1. The molecule has 3 aromatic rings. The molecule has 2 aromatic heterocycles. The van der Waals surface area contributed by atoms with Crippen molar-refractivity contribution in [1.82, 2.24) is 19.7 Å². The first-order chi connectivity index (χ1) is 14.5. The quantitative estimate of drug-likeness (QED) is 0.547. The highest BCUT2D eigenvalue weighted by Crippen LogP contribution is 2.29. The summed E-state index contributed by atoms with van der Waals surface area (Å²) in [6.45, 7) is 8.66. The van der Waals surface area contributed by atoms with Gasteiger partial charge in [0.1, 0.15) is 4.90 Å². The maximum absolute atomic E-state index is 12.8. The number of hydrogen-bond donors (Lipinski definition) is 2. The molecule has 0 atom stereocenters. The zero-order valence-corrected chi connectivity index (χ0v) is 19.2. The van der Waals surface area contributed by atoms with Gasteiger partial charge >= 0.3 is 0 Å². The first-order valence-electron chi connectivity index (χ1n) is 9.81. The number of ether oxygens (including phenoxy) is 1. The van der Waals surface area contributed by atoms with E-state index in [0.29, 0.717) is 18.8 Å². The number of aromatic nitrogens is 4. The van der Waals surface area contributed by atoms with Gasteiger partial charge in [-0.1, -0.05) is 32.0 Å². The Morgan fingerprint density at radius 2 is 1.87 bits per heavy atom. The second kappa shape index (κ2) is 8.64. The highest BCUT2D eigenvalue weighted by Gasteiger charge is 2.21. The summed E-state index contributed by atoms with van der Waals surface area (Å²) in [4.78, 5) is 8.77. The van der Waals surface area contributed by atoms with Gasteiger partial charge in [-0.2, -0.15) is 10.1 Å². The van der Waals surface area contributed by atoms with Gasteiger partial charge in [0.15, 0.2) is 0 Å². The molecule has 10 heteroatoms. The Kier molecular flexibility index (Phi) is 6.33.